The minimum Gasteiger partial charge on any atom is -0.366 e. The van der Waals surface area contributed by atoms with Gasteiger partial charge in [-0.05, 0) is 18.1 Å². The lowest BCUT2D eigenvalue weighted by Crippen LogP contribution is -2.11. The van der Waals surface area contributed by atoms with E-state index in [0.29, 0.717) is 24.7 Å². The number of nitrogens with zero attached hydrogens (tertiary/aromatic N) is 1. The van der Waals surface area contributed by atoms with E-state index >= 15 is 0 Å². The van der Waals surface area contributed by atoms with Crippen LogP contribution in [0.3, 0.4) is 0 Å². The molecule has 4 N–H and O–H groups in total. The highest BCUT2D eigenvalue weighted by Crippen LogP contribution is 2.06. The summed E-state index contributed by atoms with van der Waals surface area (Å²) in [5.41, 5.74) is 7.60. The zero-order valence-corrected chi connectivity index (χ0v) is 10.2. The minimum atomic E-state index is -0.150. The fourth-order valence-corrected chi connectivity index (χ4v) is 1.66. The average molecular weight is 244 g/mol. The number of aromatic nitrogens is 2. The first-order valence-corrected chi connectivity index (χ1v) is 5.77. The van der Waals surface area contributed by atoms with Crippen LogP contribution in [0.2, 0.25) is 0 Å². The Balaban J connectivity index is 2.04. The largest absolute Gasteiger partial charge is 0.366 e. The second-order valence-corrected chi connectivity index (χ2v) is 4.09. The van der Waals surface area contributed by atoms with Crippen molar-refractivity contribution in [3.05, 3.63) is 57.6 Å². The SMILES string of the molecule is Cc1nc(NCc2ccc(CN)cc2)cc(=O)[nH]1. The number of rotatable bonds is 4. The number of nitrogens with one attached hydrogen (secondary N) is 2. The summed E-state index contributed by atoms with van der Waals surface area (Å²) in [6.07, 6.45) is 0. The van der Waals surface area contributed by atoms with Gasteiger partial charge in [0.15, 0.2) is 0 Å². The monoisotopic (exact) mass is 244 g/mol. The summed E-state index contributed by atoms with van der Waals surface area (Å²) in [6.45, 7) is 2.92. The first kappa shape index (κ1) is 12.3. The lowest BCUT2D eigenvalue weighted by Gasteiger charge is -2.06. The van der Waals surface area contributed by atoms with Crippen molar-refractivity contribution in [1.82, 2.24) is 9.97 Å². The summed E-state index contributed by atoms with van der Waals surface area (Å²) in [5, 5.41) is 3.12. The van der Waals surface area contributed by atoms with E-state index in [2.05, 4.69) is 15.3 Å². The van der Waals surface area contributed by atoms with Gasteiger partial charge in [0.05, 0.1) is 0 Å². The second kappa shape index (κ2) is 5.46. The molecule has 0 spiro atoms. The van der Waals surface area contributed by atoms with Crippen LogP contribution in [0.4, 0.5) is 5.82 Å². The highest BCUT2D eigenvalue weighted by Gasteiger charge is 1.98. The Morgan fingerprint density at radius 1 is 1.28 bits per heavy atom. The van der Waals surface area contributed by atoms with Crippen LogP contribution >= 0.6 is 0 Å². The van der Waals surface area contributed by atoms with E-state index < -0.39 is 0 Å². The lowest BCUT2D eigenvalue weighted by atomic mass is 10.1. The van der Waals surface area contributed by atoms with Crippen molar-refractivity contribution >= 4 is 5.82 Å². The summed E-state index contributed by atoms with van der Waals surface area (Å²) in [7, 11) is 0. The fourth-order valence-electron chi connectivity index (χ4n) is 1.66. The molecule has 0 atom stereocenters. The molecule has 0 unspecified atom stereocenters. The Hall–Kier alpha value is -2.14. The molecule has 1 aromatic carbocycles. The average Bonchev–Trinajstić information content (AvgIpc) is 2.36. The van der Waals surface area contributed by atoms with Gasteiger partial charge in [-0.2, -0.15) is 0 Å². The molecular formula is C13H16N4O. The van der Waals surface area contributed by atoms with Gasteiger partial charge in [-0.15, -0.1) is 0 Å². The van der Waals surface area contributed by atoms with Crippen LogP contribution in [0.5, 0.6) is 0 Å². The number of anilines is 1. The maximum absolute atomic E-state index is 11.3. The van der Waals surface area contributed by atoms with E-state index in [1.54, 1.807) is 6.92 Å². The Kier molecular flexibility index (Phi) is 3.74. The van der Waals surface area contributed by atoms with Crippen molar-refractivity contribution in [2.75, 3.05) is 5.32 Å². The first-order chi connectivity index (χ1) is 8.67. The van der Waals surface area contributed by atoms with Gasteiger partial charge < -0.3 is 16.0 Å². The van der Waals surface area contributed by atoms with Crippen LogP contribution in [0.15, 0.2) is 35.1 Å². The Labute approximate surface area is 105 Å². The smallest absolute Gasteiger partial charge is 0.252 e. The summed E-state index contributed by atoms with van der Waals surface area (Å²) in [6, 6.07) is 9.45. The number of benzene rings is 1. The molecule has 1 aromatic heterocycles. The molecule has 0 saturated heterocycles. The van der Waals surface area contributed by atoms with E-state index in [-0.39, 0.29) is 5.56 Å². The fraction of sp³-hybridized carbons (Fsp3) is 0.231. The third kappa shape index (κ3) is 3.18. The van der Waals surface area contributed by atoms with Gasteiger partial charge in [0.25, 0.3) is 5.56 Å². The molecule has 0 aliphatic rings. The minimum absolute atomic E-state index is 0.150. The molecule has 18 heavy (non-hydrogen) atoms. The van der Waals surface area contributed by atoms with Crippen molar-refractivity contribution in [3.8, 4) is 0 Å². The van der Waals surface area contributed by atoms with Crippen molar-refractivity contribution in [3.63, 3.8) is 0 Å². The van der Waals surface area contributed by atoms with E-state index in [0.717, 1.165) is 11.1 Å². The van der Waals surface area contributed by atoms with Gasteiger partial charge in [-0.1, -0.05) is 24.3 Å². The zero-order valence-electron chi connectivity index (χ0n) is 10.2. The van der Waals surface area contributed by atoms with Crippen LogP contribution in [0.25, 0.3) is 0 Å². The van der Waals surface area contributed by atoms with E-state index in [1.807, 2.05) is 24.3 Å². The Morgan fingerprint density at radius 3 is 2.56 bits per heavy atom. The van der Waals surface area contributed by atoms with Gasteiger partial charge in [0.2, 0.25) is 0 Å². The van der Waals surface area contributed by atoms with Gasteiger partial charge in [-0.25, -0.2) is 4.98 Å². The summed E-state index contributed by atoms with van der Waals surface area (Å²) in [4.78, 5) is 18.1. The predicted octanol–water partition coefficient (Wildman–Crippen LogP) is 1.15. The van der Waals surface area contributed by atoms with Gasteiger partial charge in [0.1, 0.15) is 11.6 Å². The molecule has 0 saturated carbocycles. The van der Waals surface area contributed by atoms with Crippen molar-refractivity contribution < 1.29 is 0 Å². The molecule has 2 aromatic rings. The highest BCUT2D eigenvalue weighted by atomic mass is 16.1. The third-order valence-electron chi connectivity index (χ3n) is 2.59. The summed E-state index contributed by atoms with van der Waals surface area (Å²) < 4.78 is 0. The van der Waals surface area contributed by atoms with Crippen molar-refractivity contribution in [1.29, 1.82) is 0 Å². The number of hydrogen-bond acceptors (Lipinski definition) is 4. The molecule has 0 bridgehead atoms. The molecule has 5 nitrogen and oxygen atoms in total. The molecule has 0 aliphatic carbocycles. The number of hydrogen-bond donors (Lipinski definition) is 3. The topological polar surface area (TPSA) is 83.8 Å². The molecule has 0 fully saturated rings. The zero-order chi connectivity index (χ0) is 13.0. The van der Waals surface area contributed by atoms with Gasteiger partial charge >= 0.3 is 0 Å². The van der Waals surface area contributed by atoms with Crippen LogP contribution < -0.4 is 16.6 Å². The molecule has 5 heteroatoms. The van der Waals surface area contributed by atoms with Crippen LogP contribution in [0, 0.1) is 6.92 Å². The van der Waals surface area contributed by atoms with Crippen LogP contribution in [0.1, 0.15) is 17.0 Å². The van der Waals surface area contributed by atoms with E-state index in [9.17, 15) is 4.79 Å². The highest BCUT2D eigenvalue weighted by molar-refractivity contribution is 5.35. The first-order valence-electron chi connectivity index (χ1n) is 5.77. The summed E-state index contributed by atoms with van der Waals surface area (Å²) >= 11 is 0. The number of aryl methyl sites for hydroxylation is 1. The number of aromatic amines is 1. The molecule has 0 radical (unpaired) electrons. The molecule has 0 aliphatic heterocycles. The van der Waals surface area contributed by atoms with Crippen molar-refractivity contribution in [2.24, 2.45) is 5.73 Å². The molecule has 94 valence electrons. The van der Waals surface area contributed by atoms with Gasteiger partial charge in [0, 0.05) is 19.2 Å². The Bertz CT molecular complexity index is 574. The van der Waals surface area contributed by atoms with E-state index in [1.165, 1.54) is 6.07 Å². The number of H-pyrrole nitrogens is 1. The quantitative estimate of drug-likeness (QED) is 0.753. The molecule has 1 heterocycles. The van der Waals surface area contributed by atoms with Crippen LogP contribution in [-0.2, 0) is 13.1 Å². The summed E-state index contributed by atoms with van der Waals surface area (Å²) in [5.74, 6) is 1.18. The number of nitrogens with two attached hydrogens (primary N) is 1. The lowest BCUT2D eigenvalue weighted by molar-refractivity contribution is 0.995. The maximum Gasteiger partial charge on any atom is 0.252 e. The van der Waals surface area contributed by atoms with Gasteiger partial charge in [-0.3, -0.25) is 4.79 Å². The maximum atomic E-state index is 11.3. The standard InChI is InChI=1S/C13H16N4O/c1-9-16-12(6-13(18)17-9)15-8-11-4-2-10(7-14)3-5-11/h2-6H,7-8,14H2,1H3,(H2,15,16,17,18). The molecular weight excluding hydrogens is 228 g/mol. The normalized spacial score (nSPS) is 10.3. The Morgan fingerprint density at radius 2 is 1.94 bits per heavy atom. The third-order valence-corrected chi connectivity index (χ3v) is 2.59. The van der Waals surface area contributed by atoms with Crippen molar-refractivity contribution in [2.45, 2.75) is 20.0 Å². The van der Waals surface area contributed by atoms with E-state index in [4.69, 9.17) is 5.73 Å². The molecule has 0 amide bonds. The second-order valence-electron chi connectivity index (χ2n) is 4.09. The predicted molar refractivity (Wildman–Crippen MR) is 71.3 cm³/mol. The molecule has 2 rings (SSSR count). The van der Waals surface area contributed by atoms with Crippen LogP contribution in [-0.4, -0.2) is 9.97 Å².